The average Bonchev–Trinajstić information content (AvgIpc) is 2.58. The zero-order valence-corrected chi connectivity index (χ0v) is 13.1. The topological polar surface area (TPSA) is 16.1 Å². The molecule has 0 N–H and O–H groups in total. The number of nitrogens with zero attached hydrogens (tertiary/aromatic N) is 2. The Morgan fingerprint density at radius 2 is 1.64 bits per heavy atom. The summed E-state index contributed by atoms with van der Waals surface area (Å²) in [7, 11) is 0. The van der Waals surface area contributed by atoms with Crippen LogP contribution in [0.3, 0.4) is 0 Å². The van der Waals surface area contributed by atoms with Crippen molar-refractivity contribution in [1.29, 1.82) is 0 Å². The van der Waals surface area contributed by atoms with Crippen LogP contribution in [0.4, 0.5) is 17.6 Å². The monoisotopic (exact) mass is 346 g/mol. The SMILES string of the molecule is C=C1C=CC(c2ccccc2)=C(c2c(F)cncc2F)N1CC(F)F. The summed E-state index contributed by atoms with van der Waals surface area (Å²) in [6.07, 6.45) is 2.17. The van der Waals surface area contributed by atoms with Crippen LogP contribution in [0.15, 0.2) is 67.2 Å². The Hall–Kier alpha value is -2.89. The van der Waals surface area contributed by atoms with Gasteiger partial charge in [-0.15, -0.1) is 0 Å². The van der Waals surface area contributed by atoms with Crippen molar-refractivity contribution in [1.82, 2.24) is 9.88 Å². The average molecular weight is 346 g/mol. The first kappa shape index (κ1) is 17.0. The van der Waals surface area contributed by atoms with Crippen LogP contribution in [0.5, 0.6) is 0 Å². The molecule has 128 valence electrons. The van der Waals surface area contributed by atoms with Crippen molar-refractivity contribution in [3.05, 3.63) is 89.9 Å². The quantitative estimate of drug-likeness (QED) is 0.734. The van der Waals surface area contributed by atoms with Crippen molar-refractivity contribution in [2.75, 3.05) is 6.54 Å². The van der Waals surface area contributed by atoms with Gasteiger partial charge in [-0.05, 0) is 11.6 Å². The third-order valence-electron chi connectivity index (χ3n) is 3.81. The Kier molecular flexibility index (Phi) is 4.70. The highest BCUT2D eigenvalue weighted by Crippen LogP contribution is 2.38. The fourth-order valence-electron chi connectivity index (χ4n) is 2.74. The molecule has 1 aliphatic rings. The van der Waals surface area contributed by atoms with E-state index in [-0.39, 0.29) is 11.4 Å². The minimum atomic E-state index is -2.71. The minimum Gasteiger partial charge on any atom is -0.335 e. The van der Waals surface area contributed by atoms with Gasteiger partial charge in [-0.25, -0.2) is 17.6 Å². The molecule has 3 rings (SSSR count). The van der Waals surface area contributed by atoms with Crippen LogP contribution in [0, 0.1) is 11.6 Å². The number of hydrogen-bond donors (Lipinski definition) is 0. The zero-order chi connectivity index (χ0) is 18.0. The molecule has 1 aliphatic heterocycles. The Bertz CT molecular complexity index is 837. The lowest BCUT2D eigenvalue weighted by molar-refractivity contribution is 0.123. The van der Waals surface area contributed by atoms with E-state index in [9.17, 15) is 17.6 Å². The molecule has 0 atom stereocenters. The van der Waals surface area contributed by atoms with Gasteiger partial charge in [0.25, 0.3) is 6.43 Å². The van der Waals surface area contributed by atoms with Gasteiger partial charge in [-0.3, -0.25) is 4.98 Å². The van der Waals surface area contributed by atoms with E-state index in [2.05, 4.69) is 11.6 Å². The second-order valence-corrected chi connectivity index (χ2v) is 5.43. The molecule has 0 radical (unpaired) electrons. The highest BCUT2D eigenvalue weighted by molar-refractivity contribution is 5.97. The van der Waals surface area contributed by atoms with Gasteiger partial charge in [-0.1, -0.05) is 43.0 Å². The first-order valence-corrected chi connectivity index (χ1v) is 7.50. The van der Waals surface area contributed by atoms with Crippen LogP contribution in [-0.2, 0) is 0 Å². The van der Waals surface area contributed by atoms with Crippen LogP contribution in [0.2, 0.25) is 0 Å². The summed E-state index contributed by atoms with van der Waals surface area (Å²) in [5, 5.41) is 0. The fraction of sp³-hybridized carbons (Fsp3) is 0.105. The Balaban J connectivity index is 2.30. The van der Waals surface area contributed by atoms with E-state index in [1.807, 2.05) is 0 Å². The van der Waals surface area contributed by atoms with Gasteiger partial charge in [0.2, 0.25) is 0 Å². The van der Waals surface area contributed by atoms with E-state index in [1.54, 1.807) is 42.5 Å². The maximum atomic E-state index is 14.4. The second kappa shape index (κ2) is 6.93. The van der Waals surface area contributed by atoms with Crippen molar-refractivity contribution in [2.45, 2.75) is 6.43 Å². The van der Waals surface area contributed by atoms with Crippen molar-refractivity contribution in [3.63, 3.8) is 0 Å². The number of allylic oxidation sites excluding steroid dienone is 3. The number of pyridine rings is 1. The van der Waals surface area contributed by atoms with Gasteiger partial charge in [0, 0.05) is 11.3 Å². The van der Waals surface area contributed by atoms with E-state index in [1.165, 1.54) is 0 Å². The molecule has 0 aliphatic carbocycles. The van der Waals surface area contributed by atoms with Crippen LogP contribution < -0.4 is 0 Å². The molecule has 0 bridgehead atoms. The normalized spacial score (nSPS) is 14.6. The Morgan fingerprint density at radius 3 is 2.24 bits per heavy atom. The summed E-state index contributed by atoms with van der Waals surface area (Å²) in [6.45, 7) is 3.00. The highest BCUT2D eigenvalue weighted by Gasteiger charge is 2.28. The van der Waals surface area contributed by atoms with Crippen LogP contribution in [0.25, 0.3) is 11.3 Å². The summed E-state index contributed by atoms with van der Waals surface area (Å²) in [6, 6.07) is 8.79. The molecule has 2 heterocycles. The summed E-state index contributed by atoms with van der Waals surface area (Å²) in [4.78, 5) is 4.60. The zero-order valence-electron chi connectivity index (χ0n) is 13.1. The maximum Gasteiger partial charge on any atom is 0.256 e. The molecule has 0 saturated carbocycles. The largest absolute Gasteiger partial charge is 0.335 e. The maximum absolute atomic E-state index is 14.4. The third kappa shape index (κ3) is 3.33. The Labute approximate surface area is 142 Å². The minimum absolute atomic E-state index is 0.0106. The van der Waals surface area contributed by atoms with Gasteiger partial charge in [0.05, 0.1) is 30.2 Å². The smallest absolute Gasteiger partial charge is 0.256 e. The molecule has 25 heavy (non-hydrogen) atoms. The Morgan fingerprint density at radius 1 is 1.00 bits per heavy atom. The summed E-state index contributed by atoms with van der Waals surface area (Å²) in [5.74, 6) is -1.85. The van der Waals surface area contributed by atoms with Gasteiger partial charge >= 0.3 is 0 Å². The van der Waals surface area contributed by atoms with E-state index < -0.39 is 30.2 Å². The van der Waals surface area contributed by atoms with E-state index in [4.69, 9.17) is 0 Å². The van der Waals surface area contributed by atoms with Crippen molar-refractivity contribution in [3.8, 4) is 0 Å². The third-order valence-corrected chi connectivity index (χ3v) is 3.81. The summed E-state index contributed by atoms with van der Waals surface area (Å²) >= 11 is 0. The molecule has 0 unspecified atom stereocenters. The van der Waals surface area contributed by atoms with Crippen LogP contribution in [0.1, 0.15) is 11.1 Å². The number of halogens is 4. The van der Waals surface area contributed by atoms with E-state index >= 15 is 0 Å². The first-order chi connectivity index (χ1) is 12.0. The number of aromatic nitrogens is 1. The molecule has 1 aromatic carbocycles. The van der Waals surface area contributed by atoms with Crippen molar-refractivity contribution in [2.24, 2.45) is 0 Å². The van der Waals surface area contributed by atoms with Crippen LogP contribution in [-0.4, -0.2) is 22.9 Å². The van der Waals surface area contributed by atoms with Gasteiger partial charge in [0.1, 0.15) is 0 Å². The van der Waals surface area contributed by atoms with E-state index in [0.29, 0.717) is 11.1 Å². The predicted molar refractivity (Wildman–Crippen MR) is 88.4 cm³/mol. The molecular weight excluding hydrogens is 332 g/mol. The van der Waals surface area contributed by atoms with Gasteiger partial charge in [-0.2, -0.15) is 0 Å². The molecule has 2 aromatic rings. The van der Waals surface area contributed by atoms with Gasteiger partial charge in [0.15, 0.2) is 11.6 Å². The molecule has 0 spiro atoms. The van der Waals surface area contributed by atoms with E-state index in [0.717, 1.165) is 17.3 Å². The predicted octanol–water partition coefficient (Wildman–Crippen LogP) is 4.88. The molecule has 0 saturated heterocycles. The van der Waals surface area contributed by atoms with Crippen LogP contribution >= 0.6 is 0 Å². The summed E-state index contributed by atoms with van der Waals surface area (Å²) < 4.78 is 54.9. The van der Waals surface area contributed by atoms with Crippen molar-refractivity contribution >= 4 is 11.3 Å². The standard InChI is InChI=1S/C19H14F4N2/c1-12-7-8-14(13-5-3-2-4-6-13)19(25(12)11-17(22)23)18-15(20)9-24-10-16(18)21/h2-10,17H,1,11H2. The lowest BCUT2D eigenvalue weighted by atomic mass is 9.95. The molecule has 0 fully saturated rings. The summed E-state index contributed by atoms with van der Waals surface area (Å²) in [5.41, 5.74) is 0.913. The molecule has 1 aromatic heterocycles. The molecular formula is C19H14F4N2. The fourth-order valence-corrected chi connectivity index (χ4v) is 2.74. The lowest BCUT2D eigenvalue weighted by Gasteiger charge is -2.33. The number of benzene rings is 1. The molecule has 6 heteroatoms. The van der Waals surface area contributed by atoms with Gasteiger partial charge < -0.3 is 4.90 Å². The number of alkyl halides is 2. The van der Waals surface area contributed by atoms with Crippen molar-refractivity contribution < 1.29 is 17.6 Å². The number of hydrogen-bond acceptors (Lipinski definition) is 2. The molecule has 0 amide bonds. The second-order valence-electron chi connectivity index (χ2n) is 5.43. The lowest BCUT2D eigenvalue weighted by Crippen LogP contribution is -2.29. The number of rotatable bonds is 4. The molecule has 2 nitrogen and oxygen atoms in total. The first-order valence-electron chi connectivity index (χ1n) is 7.50. The highest BCUT2D eigenvalue weighted by atomic mass is 19.3.